The first kappa shape index (κ1) is 12.2. The van der Waals surface area contributed by atoms with Crippen LogP contribution in [0.4, 0.5) is 28.9 Å². The van der Waals surface area contributed by atoms with Gasteiger partial charge in [-0.1, -0.05) is 0 Å². The van der Waals surface area contributed by atoms with Crippen molar-refractivity contribution in [3.63, 3.8) is 0 Å². The van der Waals surface area contributed by atoms with E-state index in [1.54, 1.807) is 0 Å². The maximum Gasteiger partial charge on any atom is 0.396 e. The fourth-order valence-corrected chi connectivity index (χ4v) is 1.14. The second-order valence-corrected chi connectivity index (χ2v) is 2.88. The molecular formula is C8H5F4N2O2. The van der Waals surface area contributed by atoms with Crippen molar-refractivity contribution < 1.29 is 22.5 Å². The first-order chi connectivity index (χ1) is 7.20. The highest BCUT2D eigenvalue weighted by Crippen LogP contribution is 2.33. The molecule has 1 rings (SSSR count). The number of nitrogens with two attached hydrogens (primary N) is 1. The monoisotopic (exact) mass is 237 g/mol. The van der Waals surface area contributed by atoms with Gasteiger partial charge < -0.3 is 5.73 Å². The van der Waals surface area contributed by atoms with Gasteiger partial charge in [0.25, 0.3) is 5.69 Å². The molecule has 0 aliphatic heterocycles. The van der Waals surface area contributed by atoms with Crippen LogP contribution in [0.15, 0.2) is 12.1 Å². The van der Waals surface area contributed by atoms with E-state index < -0.39 is 33.9 Å². The number of anilines is 1. The molecule has 0 aromatic heterocycles. The van der Waals surface area contributed by atoms with Crippen LogP contribution in [0.1, 0.15) is 5.56 Å². The van der Waals surface area contributed by atoms with Gasteiger partial charge in [-0.15, -0.1) is 0 Å². The van der Waals surface area contributed by atoms with E-state index in [1.165, 1.54) is 0 Å². The minimum atomic E-state index is -4.79. The number of halogens is 4. The highest BCUT2D eigenvalue weighted by Gasteiger charge is 2.33. The molecule has 0 fully saturated rings. The molecule has 0 aliphatic carbocycles. The van der Waals surface area contributed by atoms with Crippen molar-refractivity contribution in [1.82, 2.24) is 0 Å². The summed E-state index contributed by atoms with van der Waals surface area (Å²) in [5.74, 6) is -1.07. The van der Waals surface area contributed by atoms with Crippen LogP contribution in [0.5, 0.6) is 0 Å². The summed E-state index contributed by atoms with van der Waals surface area (Å²) in [6, 6.07) is 0.994. The van der Waals surface area contributed by atoms with Crippen LogP contribution < -0.4 is 5.73 Å². The molecule has 8 heteroatoms. The summed E-state index contributed by atoms with van der Waals surface area (Å²) in [5.41, 5.74) is 2.55. The van der Waals surface area contributed by atoms with Gasteiger partial charge in [0.15, 0.2) is 0 Å². The lowest BCUT2D eigenvalue weighted by Crippen LogP contribution is -2.11. The molecular weight excluding hydrogens is 232 g/mol. The second-order valence-electron chi connectivity index (χ2n) is 2.88. The number of rotatable bonds is 2. The van der Waals surface area contributed by atoms with Gasteiger partial charge in [0.05, 0.1) is 4.92 Å². The van der Waals surface area contributed by atoms with Crippen LogP contribution >= 0.6 is 0 Å². The SMILES string of the molecule is Nc1cc(F)cc([CH]C(F)(F)F)c1[N+](=O)[O-]. The van der Waals surface area contributed by atoms with Crippen molar-refractivity contribution in [2.24, 2.45) is 0 Å². The summed E-state index contributed by atoms with van der Waals surface area (Å²) in [5, 5.41) is 10.5. The Morgan fingerprint density at radius 3 is 2.38 bits per heavy atom. The van der Waals surface area contributed by atoms with E-state index in [1.807, 2.05) is 0 Å². The van der Waals surface area contributed by atoms with Crippen LogP contribution in [0, 0.1) is 22.4 Å². The Balaban J connectivity index is 3.30. The lowest BCUT2D eigenvalue weighted by atomic mass is 10.1. The molecule has 1 aromatic rings. The second kappa shape index (κ2) is 3.95. The molecule has 16 heavy (non-hydrogen) atoms. The van der Waals surface area contributed by atoms with Gasteiger partial charge in [-0.2, -0.15) is 13.2 Å². The van der Waals surface area contributed by atoms with Gasteiger partial charge in [0, 0.05) is 11.6 Å². The fraction of sp³-hybridized carbons (Fsp3) is 0.125. The van der Waals surface area contributed by atoms with E-state index in [0.29, 0.717) is 12.1 Å². The van der Waals surface area contributed by atoms with Gasteiger partial charge in [-0.25, -0.2) is 4.39 Å². The van der Waals surface area contributed by atoms with E-state index in [0.717, 1.165) is 0 Å². The molecule has 0 saturated heterocycles. The van der Waals surface area contributed by atoms with E-state index >= 15 is 0 Å². The zero-order valence-corrected chi connectivity index (χ0v) is 7.58. The van der Waals surface area contributed by atoms with E-state index in [9.17, 15) is 27.7 Å². The largest absolute Gasteiger partial charge is 0.396 e. The summed E-state index contributed by atoms with van der Waals surface area (Å²) < 4.78 is 48.8. The minimum absolute atomic E-state index is 0.370. The van der Waals surface area contributed by atoms with E-state index in [2.05, 4.69) is 0 Å². The third kappa shape index (κ3) is 2.81. The van der Waals surface area contributed by atoms with Crippen molar-refractivity contribution in [3.8, 4) is 0 Å². The lowest BCUT2D eigenvalue weighted by Gasteiger charge is -2.07. The molecule has 0 aliphatic rings. The average Bonchev–Trinajstić information content (AvgIpc) is 1.96. The predicted molar refractivity (Wildman–Crippen MR) is 46.9 cm³/mol. The summed E-state index contributed by atoms with van der Waals surface area (Å²) in [7, 11) is 0. The fourth-order valence-electron chi connectivity index (χ4n) is 1.14. The molecule has 0 saturated carbocycles. The van der Waals surface area contributed by atoms with Crippen LogP contribution in [-0.4, -0.2) is 11.1 Å². The zero-order valence-electron chi connectivity index (χ0n) is 7.58. The molecule has 0 heterocycles. The Hall–Kier alpha value is -1.86. The lowest BCUT2D eigenvalue weighted by molar-refractivity contribution is -0.384. The number of alkyl halides is 3. The molecule has 0 atom stereocenters. The van der Waals surface area contributed by atoms with Crippen molar-refractivity contribution in [1.29, 1.82) is 0 Å². The predicted octanol–water partition coefficient (Wildman–Crippen LogP) is 2.43. The van der Waals surface area contributed by atoms with E-state index in [4.69, 9.17) is 5.73 Å². The number of nitrogens with zero attached hydrogens (tertiary/aromatic N) is 1. The quantitative estimate of drug-likeness (QED) is 0.371. The summed E-state index contributed by atoms with van der Waals surface area (Å²) in [6.07, 6.45) is -5.16. The normalized spacial score (nSPS) is 11.5. The molecule has 2 N–H and O–H groups in total. The third-order valence-corrected chi connectivity index (χ3v) is 1.64. The Labute approximate surface area is 86.8 Å². The average molecular weight is 237 g/mol. The van der Waals surface area contributed by atoms with Crippen molar-refractivity contribution in [3.05, 3.63) is 40.0 Å². The smallest absolute Gasteiger partial charge is 0.393 e. The Kier molecular flexibility index (Phi) is 3.02. The molecule has 0 amide bonds. The van der Waals surface area contributed by atoms with Crippen LogP contribution in [0.25, 0.3) is 0 Å². The van der Waals surface area contributed by atoms with Crippen molar-refractivity contribution >= 4 is 11.4 Å². The maximum atomic E-state index is 12.8. The molecule has 1 aromatic carbocycles. The van der Waals surface area contributed by atoms with Crippen LogP contribution in [0.3, 0.4) is 0 Å². The minimum Gasteiger partial charge on any atom is -0.393 e. The number of hydrogen-bond donors (Lipinski definition) is 1. The van der Waals surface area contributed by atoms with Gasteiger partial charge in [0.1, 0.15) is 17.9 Å². The zero-order chi connectivity index (χ0) is 12.5. The highest BCUT2D eigenvalue weighted by atomic mass is 19.4. The van der Waals surface area contributed by atoms with Crippen LogP contribution in [-0.2, 0) is 0 Å². The van der Waals surface area contributed by atoms with Gasteiger partial charge in [-0.3, -0.25) is 10.1 Å². The Bertz CT molecular complexity index is 431. The topological polar surface area (TPSA) is 69.2 Å². The number of benzene rings is 1. The summed E-state index contributed by atoms with van der Waals surface area (Å²) >= 11 is 0. The Morgan fingerprint density at radius 1 is 1.38 bits per heavy atom. The summed E-state index contributed by atoms with van der Waals surface area (Å²) in [4.78, 5) is 9.36. The Morgan fingerprint density at radius 2 is 1.94 bits per heavy atom. The number of nitro groups is 1. The molecule has 0 bridgehead atoms. The van der Waals surface area contributed by atoms with Crippen molar-refractivity contribution in [2.45, 2.75) is 6.18 Å². The third-order valence-electron chi connectivity index (χ3n) is 1.64. The van der Waals surface area contributed by atoms with Gasteiger partial charge in [0.2, 0.25) is 0 Å². The number of nitro benzene ring substituents is 1. The molecule has 1 radical (unpaired) electrons. The number of hydrogen-bond acceptors (Lipinski definition) is 3. The molecule has 4 nitrogen and oxygen atoms in total. The maximum absolute atomic E-state index is 12.8. The molecule has 0 unspecified atom stereocenters. The molecule has 87 valence electrons. The standard InChI is InChI=1S/C8H5F4N2O2/c9-5-1-4(3-8(10,11)12)7(14(15)16)6(13)2-5/h1-3H,13H2. The van der Waals surface area contributed by atoms with Gasteiger partial charge in [-0.05, 0) is 6.07 Å². The van der Waals surface area contributed by atoms with Crippen LogP contribution in [0.2, 0.25) is 0 Å². The van der Waals surface area contributed by atoms with Gasteiger partial charge >= 0.3 is 6.18 Å². The van der Waals surface area contributed by atoms with E-state index in [-0.39, 0.29) is 6.42 Å². The number of nitrogen functional groups attached to an aromatic ring is 1. The summed E-state index contributed by atoms with van der Waals surface area (Å²) in [6.45, 7) is 0. The molecule has 0 spiro atoms. The first-order valence-corrected chi connectivity index (χ1v) is 3.87. The first-order valence-electron chi connectivity index (χ1n) is 3.87. The van der Waals surface area contributed by atoms with Crippen molar-refractivity contribution in [2.75, 3.05) is 5.73 Å². The highest BCUT2D eigenvalue weighted by molar-refractivity contribution is 5.64.